The van der Waals surface area contributed by atoms with Crippen molar-refractivity contribution >= 4 is 11.6 Å². The number of amides is 1. The molecule has 0 aliphatic heterocycles. The molecule has 0 saturated heterocycles. The lowest BCUT2D eigenvalue weighted by atomic mass is 10.2. The van der Waals surface area contributed by atoms with Gasteiger partial charge in [-0.05, 0) is 33.0 Å². The summed E-state index contributed by atoms with van der Waals surface area (Å²) in [4.78, 5) is 15.7. The quantitative estimate of drug-likeness (QED) is 0.829. The van der Waals surface area contributed by atoms with Gasteiger partial charge >= 0.3 is 0 Å². The number of aliphatic hydroxyl groups excluding tert-OH is 1. The van der Waals surface area contributed by atoms with E-state index in [1.165, 1.54) is 0 Å². The Bertz CT molecular complexity index is 365. The molecule has 0 fully saturated rings. The number of nitrogens with zero attached hydrogens (tertiary/aromatic N) is 2. The van der Waals surface area contributed by atoms with E-state index in [1.54, 1.807) is 11.8 Å². The predicted molar refractivity (Wildman–Crippen MR) is 73.6 cm³/mol. The fourth-order valence-electron chi connectivity index (χ4n) is 1.94. The van der Waals surface area contributed by atoms with Crippen LogP contribution >= 0.6 is 0 Å². The molecule has 1 rings (SSSR count). The van der Waals surface area contributed by atoms with Gasteiger partial charge in [0.15, 0.2) is 0 Å². The van der Waals surface area contributed by atoms with Crippen molar-refractivity contribution in [3.05, 3.63) is 30.3 Å². The van der Waals surface area contributed by atoms with Gasteiger partial charge in [0.1, 0.15) is 0 Å². The summed E-state index contributed by atoms with van der Waals surface area (Å²) in [5, 5.41) is 9.28. The number of rotatable bonds is 6. The highest BCUT2D eigenvalue weighted by Gasteiger charge is 2.16. The van der Waals surface area contributed by atoms with Gasteiger partial charge in [0.2, 0.25) is 5.91 Å². The zero-order chi connectivity index (χ0) is 13.5. The molecule has 100 valence electrons. The molecule has 1 atom stereocenters. The molecular weight excluding hydrogens is 228 g/mol. The van der Waals surface area contributed by atoms with E-state index in [9.17, 15) is 9.90 Å². The molecule has 1 amide bonds. The van der Waals surface area contributed by atoms with Crippen LogP contribution < -0.4 is 4.90 Å². The van der Waals surface area contributed by atoms with Crippen molar-refractivity contribution in [2.24, 2.45) is 0 Å². The van der Waals surface area contributed by atoms with E-state index in [0.717, 1.165) is 5.69 Å². The molecular formula is C14H22N2O2. The van der Waals surface area contributed by atoms with Crippen molar-refractivity contribution in [1.82, 2.24) is 4.90 Å². The van der Waals surface area contributed by atoms with E-state index in [1.807, 2.05) is 49.2 Å². The summed E-state index contributed by atoms with van der Waals surface area (Å²) in [6, 6.07) is 9.63. The lowest BCUT2D eigenvalue weighted by Gasteiger charge is -2.25. The predicted octanol–water partition coefficient (Wildman–Crippen LogP) is 1.35. The second-order valence-electron chi connectivity index (χ2n) is 4.52. The van der Waals surface area contributed by atoms with Crippen molar-refractivity contribution in [2.75, 3.05) is 31.6 Å². The molecule has 4 heteroatoms. The van der Waals surface area contributed by atoms with Crippen molar-refractivity contribution in [1.29, 1.82) is 0 Å². The number of aliphatic hydroxyl groups is 1. The lowest BCUT2D eigenvalue weighted by molar-refractivity contribution is -0.119. The largest absolute Gasteiger partial charge is 0.392 e. The van der Waals surface area contributed by atoms with E-state index in [0.29, 0.717) is 19.6 Å². The smallest absolute Gasteiger partial charge is 0.241 e. The molecule has 0 bridgehead atoms. The Balaban J connectivity index is 2.63. The number of carbonyl (C=O) groups is 1. The molecule has 0 aliphatic carbocycles. The maximum Gasteiger partial charge on any atom is 0.241 e. The van der Waals surface area contributed by atoms with E-state index in [-0.39, 0.29) is 5.91 Å². The van der Waals surface area contributed by atoms with Gasteiger partial charge in [-0.1, -0.05) is 18.2 Å². The Kier molecular flexibility index (Phi) is 5.82. The Hall–Kier alpha value is -1.39. The first-order valence-electron chi connectivity index (χ1n) is 6.26. The molecule has 1 unspecified atom stereocenters. The highest BCUT2D eigenvalue weighted by molar-refractivity contribution is 5.94. The standard InChI is InChI=1S/C14H22N2O2/c1-4-16(13-8-6-5-7-9-13)14(18)11-15(3)10-12(2)17/h5-9,12,17H,4,10-11H2,1-3H3. The summed E-state index contributed by atoms with van der Waals surface area (Å²) < 4.78 is 0. The van der Waals surface area contributed by atoms with Crippen molar-refractivity contribution in [2.45, 2.75) is 20.0 Å². The molecule has 0 saturated carbocycles. The van der Waals surface area contributed by atoms with Crippen molar-refractivity contribution < 1.29 is 9.90 Å². The van der Waals surface area contributed by atoms with Gasteiger partial charge < -0.3 is 10.0 Å². The normalized spacial score (nSPS) is 12.5. The number of anilines is 1. The van der Waals surface area contributed by atoms with Gasteiger partial charge in [-0.25, -0.2) is 0 Å². The molecule has 0 radical (unpaired) electrons. The fraction of sp³-hybridized carbons (Fsp3) is 0.500. The fourth-order valence-corrected chi connectivity index (χ4v) is 1.94. The minimum Gasteiger partial charge on any atom is -0.392 e. The summed E-state index contributed by atoms with van der Waals surface area (Å²) in [6.45, 7) is 5.13. The lowest BCUT2D eigenvalue weighted by Crippen LogP contribution is -2.40. The van der Waals surface area contributed by atoms with Crippen LogP contribution in [0.4, 0.5) is 5.69 Å². The second kappa shape index (κ2) is 7.13. The molecule has 0 heterocycles. The maximum absolute atomic E-state index is 12.2. The third kappa shape index (κ3) is 4.47. The first-order chi connectivity index (χ1) is 8.54. The van der Waals surface area contributed by atoms with Crippen LogP contribution in [0.5, 0.6) is 0 Å². The number of hydrogen-bond acceptors (Lipinski definition) is 3. The summed E-state index contributed by atoms with van der Waals surface area (Å²) in [7, 11) is 1.84. The molecule has 1 aromatic carbocycles. The Morgan fingerprint density at radius 2 is 1.94 bits per heavy atom. The van der Waals surface area contributed by atoms with Gasteiger partial charge in [-0.3, -0.25) is 9.69 Å². The van der Waals surface area contributed by atoms with Crippen LogP contribution in [0.25, 0.3) is 0 Å². The Morgan fingerprint density at radius 1 is 1.33 bits per heavy atom. The number of hydrogen-bond donors (Lipinski definition) is 1. The van der Waals surface area contributed by atoms with Crippen LogP contribution in [0.15, 0.2) is 30.3 Å². The van der Waals surface area contributed by atoms with Crippen LogP contribution in [-0.2, 0) is 4.79 Å². The van der Waals surface area contributed by atoms with Gasteiger partial charge in [0.05, 0.1) is 12.6 Å². The SMILES string of the molecule is CCN(C(=O)CN(C)CC(C)O)c1ccccc1. The third-order valence-electron chi connectivity index (χ3n) is 2.67. The van der Waals surface area contributed by atoms with Crippen LogP contribution in [-0.4, -0.2) is 48.7 Å². The molecule has 1 aromatic rings. The van der Waals surface area contributed by atoms with Gasteiger partial charge in [0, 0.05) is 18.8 Å². The first-order valence-corrected chi connectivity index (χ1v) is 6.26. The number of benzene rings is 1. The molecule has 0 aromatic heterocycles. The monoisotopic (exact) mass is 250 g/mol. The Labute approximate surface area is 109 Å². The average Bonchev–Trinajstić information content (AvgIpc) is 2.29. The van der Waals surface area contributed by atoms with Crippen molar-refractivity contribution in [3.8, 4) is 0 Å². The number of carbonyl (C=O) groups excluding carboxylic acids is 1. The van der Waals surface area contributed by atoms with E-state index in [2.05, 4.69) is 0 Å². The average molecular weight is 250 g/mol. The maximum atomic E-state index is 12.2. The van der Waals surface area contributed by atoms with Gasteiger partial charge in [-0.15, -0.1) is 0 Å². The van der Waals surface area contributed by atoms with E-state index >= 15 is 0 Å². The Morgan fingerprint density at radius 3 is 2.44 bits per heavy atom. The zero-order valence-corrected chi connectivity index (χ0v) is 11.3. The van der Waals surface area contributed by atoms with Crippen LogP contribution in [0.1, 0.15) is 13.8 Å². The highest BCUT2D eigenvalue weighted by atomic mass is 16.3. The van der Waals surface area contributed by atoms with Crippen LogP contribution in [0, 0.1) is 0 Å². The molecule has 0 spiro atoms. The van der Waals surface area contributed by atoms with Crippen molar-refractivity contribution in [3.63, 3.8) is 0 Å². The molecule has 4 nitrogen and oxygen atoms in total. The number of para-hydroxylation sites is 1. The molecule has 1 N–H and O–H groups in total. The van der Waals surface area contributed by atoms with E-state index in [4.69, 9.17) is 0 Å². The summed E-state index contributed by atoms with van der Waals surface area (Å²) in [5.41, 5.74) is 0.912. The van der Waals surface area contributed by atoms with Gasteiger partial charge in [-0.2, -0.15) is 0 Å². The minimum absolute atomic E-state index is 0.0480. The summed E-state index contributed by atoms with van der Waals surface area (Å²) in [6.07, 6.45) is -0.422. The first kappa shape index (κ1) is 14.7. The third-order valence-corrected chi connectivity index (χ3v) is 2.67. The topological polar surface area (TPSA) is 43.8 Å². The molecule has 0 aliphatic rings. The molecule has 18 heavy (non-hydrogen) atoms. The highest BCUT2D eigenvalue weighted by Crippen LogP contribution is 2.13. The summed E-state index contributed by atoms with van der Waals surface area (Å²) in [5.74, 6) is 0.0480. The second-order valence-corrected chi connectivity index (χ2v) is 4.52. The van der Waals surface area contributed by atoms with Crippen LogP contribution in [0.2, 0.25) is 0 Å². The minimum atomic E-state index is -0.422. The van der Waals surface area contributed by atoms with E-state index < -0.39 is 6.10 Å². The van der Waals surface area contributed by atoms with Crippen LogP contribution in [0.3, 0.4) is 0 Å². The summed E-state index contributed by atoms with van der Waals surface area (Å²) >= 11 is 0. The number of likely N-dealkylation sites (N-methyl/N-ethyl adjacent to an activating group) is 2. The zero-order valence-electron chi connectivity index (χ0n) is 11.3. The van der Waals surface area contributed by atoms with Gasteiger partial charge in [0.25, 0.3) is 0 Å².